The van der Waals surface area contributed by atoms with E-state index >= 15 is 0 Å². The van der Waals surface area contributed by atoms with Crippen molar-refractivity contribution >= 4 is 35.1 Å². The molecular weight excluding hydrogens is 296 g/mol. The number of hydrogen-bond acceptors (Lipinski definition) is 6. The number of nitrogens with zero attached hydrogens (tertiary/aromatic N) is 5. The highest BCUT2D eigenvalue weighted by Gasteiger charge is 2.14. The number of aromatic nitrogens is 5. The number of rotatable bonds is 2. The summed E-state index contributed by atoms with van der Waals surface area (Å²) in [5.41, 5.74) is 7.63. The van der Waals surface area contributed by atoms with Gasteiger partial charge in [0.2, 0.25) is 5.95 Å². The third-order valence-corrected chi connectivity index (χ3v) is 3.86. The molecule has 0 fully saturated rings. The van der Waals surface area contributed by atoms with E-state index in [1.54, 1.807) is 0 Å². The Morgan fingerprint density at radius 2 is 2.05 bits per heavy atom. The van der Waals surface area contributed by atoms with Crippen molar-refractivity contribution in [2.45, 2.75) is 12.1 Å². The lowest BCUT2D eigenvalue weighted by Gasteiger charge is -2.02. The molecule has 3 aromatic rings. The Labute approximate surface area is 124 Å². The lowest BCUT2D eigenvalue weighted by Crippen LogP contribution is -2.04. The highest BCUT2D eigenvalue weighted by atomic mass is 35.5. The Kier molecular flexibility index (Phi) is 3.23. The van der Waals surface area contributed by atoms with Crippen molar-refractivity contribution in [3.8, 4) is 11.4 Å². The van der Waals surface area contributed by atoms with Gasteiger partial charge in [-0.1, -0.05) is 35.5 Å². The topological polar surface area (TPSA) is 82.0 Å². The van der Waals surface area contributed by atoms with E-state index in [2.05, 4.69) is 20.1 Å². The molecule has 6 nitrogen and oxygen atoms in total. The number of thioether (sulfide) groups is 1. The Bertz CT molecular complexity index is 800. The Morgan fingerprint density at radius 3 is 2.80 bits per heavy atom. The van der Waals surface area contributed by atoms with E-state index in [-0.39, 0.29) is 5.95 Å². The first-order chi connectivity index (χ1) is 9.60. The lowest BCUT2D eigenvalue weighted by molar-refractivity contribution is 0.851. The van der Waals surface area contributed by atoms with Gasteiger partial charge in [-0.05, 0) is 24.8 Å². The maximum atomic E-state index is 6.12. The Balaban J connectivity index is 2.23. The van der Waals surface area contributed by atoms with Gasteiger partial charge in [-0.2, -0.15) is 19.5 Å². The lowest BCUT2D eigenvalue weighted by atomic mass is 10.1. The van der Waals surface area contributed by atoms with Crippen LogP contribution in [0.3, 0.4) is 0 Å². The van der Waals surface area contributed by atoms with Crippen LogP contribution in [0.4, 0.5) is 5.95 Å². The summed E-state index contributed by atoms with van der Waals surface area (Å²) in [4.78, 5) is 12.8. The highest BCUT2D eigenvalue weighted by molar-refractivity contribution is 7.98. The minimum absolute atomic E-state index is 0.262. The van der Waals surface area contributed by atoms with Crippen LogP contribution < -0.4 is 5.73 Å². The standard InChI is InChI=1S/C12H11ClN6S/c1-6-7(4-3-5-8(6)13)9-15-11-17-12(20-2)16-10(14)19(11)18-9/h3-5H,1-2H3,(H2,14,15,16,17,18). The molecule has 2 N–H and O–H groups in total. The summed E-state index contributed by atoms with van der Waals surface area (Å²) >= 11 is 7.53. The van der Waals surface area contributed by atoms with Gasteiger partial charge in [0.15, 0.2) is 11.0 Å². The van der Waals surface area contributed by atoms with Crippen LogP contribution in [0.25, 0.3) is 17.2 Å². The van der Waals surface area contributed by atoms with E-state index in [1.165, 1.54) is 16.3 Å². The predicted molar refractivity (Wildman–Crippen MR) is 80.0 cm³/mol. The van der Waals surface area contributed by atoms with E-state index in [9.17, 15) is 0 Å². The molecule has 0 aliphatic rings. The third-order valence-electron chi connectivity index (χ3n) is 2.90. The molecule has 0 unspecified atom stereocenters. The summed E-state index contributed by atoms with van der Waals surface area (Å²) in [7, 11) is 0. The molecule has 8 heteroatoms. The van der Waals surface area contributed by atoms with Crippen molar-refractivity contribution in [2.75, 3.05) is 12.0 Å². The molecular formula is C12H11ClN6S. The van der Waals surface area contributed by atoms with Gasteiger partial charge in [-0.15, -0.1) is 5.10 Å². The zero-order chi connectivity index (χ0) is 14.3. The molecule has 0 saturated heterocycles. The smallest absolute Gasteiger partial charge is 0.258 e. The van der Waals surface area contributed by atoms with Crippen LogP contribution in [0.15, 0.2) is 23.4 Å². The van der Waals surface area contributed by atoms with Gasteiger partial charge in [0.25, 0.3) is 5.78 Å². The van der Waals surface area contributed by atoms with Crippen LogP contribution in [0.1, 0.15) is 5.56 Å². The summed E-state index contributed by atoms with van der Waals surface area (Å²) < 4.78 is 1.43. The maximum absolute atomic E-state index is 6.12. The largest absolute Gasteiger partial charge is 0.368 e. The van der Waals surface area contributed by atoms with Crippen molar-refractivity contribution < 1.29 is 0 Å². The molecule has 1 aromatic carbocycles. The molecule has 0 spiro atoms. The van der Waals surface area contributed by atoms with E-state index in [4.69, 9.17) is 17.3 Å². The number of anilines is 1. The fourth-order valence-corrected chi connectivity index (χ4v) is 2.37. The van der Waals surface area contributed by atoms with E-state index < -0.39 is 0 Å². The van der Waals surface area contributed by atoms with E-state index in [0.717, 1.165) is 11.1 Å². The van der Waals surface area contributed by atoms with Gasteiger partial charge in [0, 0.05) is 10.6 Å². The normalized spacial score (nSPS) is 11.2. The molecule has 20 heavy (non-hydrogen) atoms. The number of benzene rings is 1. The first kappa shape index (κ1) is 13.1. The minimum atomic E-state index is 0.262. The van der Waals surface area contributed by atoms with E-state index in [0.29, 0.717) is 21.8 Å². The Hall–Kier alpha value is -1.86. The zero-order valence-corrected chi connectivity index (χ0v) is 12.4. The van der Waals surface area contributed by atoms with Gasteiger partial charge in [0.05, 0.1) is 0 Å². The van der Waals surface area contributed by atoms with Gasteiger partial charge in [-0.3, -0.25) is 0 Å². The maximum Gasteiger partial charge on any atom is 0.258 e. The molecule has 3 rings (SSSR count). The van der Waals surface area contributed by atoms with Gasteiger partial charge < -0.3 is 5.73 Å². The second-order valence-electron chi connectivity index (χ2n) is 4.13. The average Bonchev–Trinajstić information content (AvgIpc) is 2.86. The van der Waals surface area contributed by atoms with Crippen LogP contribution in [-0.4, -0.2) is 30.8 Å². The number of nitrogen functional groups attached to an aromatic ring is 1. The molecule has 0 atom stereocenters. The molecule has 0 amide bonds. The number of fused-ring (bicyclic) bond motifs is 1. The van der Waals surface area contributed by atoms with Gasteiger partial charge in [-0.25, -0.2) is 0 Å². The van der Waals surface area contributed by atoms with Crippen molar-refractivity contribution in [3.63, 3.8) is 0 Å². The predicted octanol–water partition coefficient (Wildman–Crippen LogP) is 2.45. The van der Waals surface area contributed by atoms with Crippen molar-refractivity contribution in [3.05, 3.63) is 28.8 Å². The Morgan fingerprint density at radius 1 is 1.25 bits per heavy atom. The quantitative estimate of drug-likeness (QED) is 0.732. The number of hydrogen-bond donors (Lipinski definition) is 1. The second kappa shape index (κ2) is 4.92. The van der Waals surface area contributed by atoms with Crippen molar-refractivity contribution in [1.29, 1.82) is 0 Å². The molecule has 2 heterocycles. The van der Waals surface area contributed by atoms with Crippen LogP contribution in [0, 0.1) is 6.92 Å². The van der Waals surface area contributed by atoms with Crippen LogP contribution >= 0.6 is 23.4 Å². The monoisotopic (exact) mass is 306 g/mol. The van der Waals surface area contributed by atoms with Crippen LogP contribution in [0.5, 0.6) is 0 Å². The van der Waals surface area contributed by atoms with E-state index in [1.807, 2.05) is 31.4 Å². The van der Waals surface area contributed by atoms with Crippen molar-refractivity contribution in [2.24, 2.45) is 0 Å². The minimum Gasteiger partial charge on any atom is -0.368 e. The van der Waals surface area contributed by atoms with Gasteiger partial charge in [0.1, 0.15) is 0 Å². The zero-order valence-electron chi connectivity index (χ0n) is 10.8. The second-order valence-corrected chi connectivity index (χ2v) is 5.31. The molecule has 2 aromatic heterocycles. The van der Waals surface area contributed by atoms with Crippen LogP contribution in [-0.2, 0) is 0 Å². The number of nitrogens with two attached hydrogens (primary N) is 1. The summed E-state index contributed by atoms with van der Waals surface area (Å²) in [6, 6.07) is 5.60. The summed E-state index contributed by atoms with van der Waals surface area (Å²) in [5.74, 6) is 1.22. The summed E-state index contributed by atoms with van der Waals surface area (Å²) in [6.07, 6.45) is 1.88. The highest BCUT2D eigenvalue weighted by Crippen LogP contribution is 2.26. The number of halogens is 1. The average molecular weight is 307 g/mol. The van der Waals surface area contributed by atoms with Gasteiger partial charge >= 0.3 is 0 Å². The fourth-order valence-electron chi connectivity index (χ4n) is 1.84. The first-order valence-electron chi connectivity index (χ1n) is 5.80. The van der Waals surface area contributed by atoms with Crippen molar-refractivity contribution in [1.82, 2.24) is 24.6 Å². The molecule has 0 saturated carbocycles. The molecule has 0 radical (unpaired) electrons. The van der Waals surface area contributed by atoms with Crippen LogP contribution in [0.2, 0.25) is 5.02 Å². The molecule has 0 bridgehead atoms. The summed E-state index contributed by atoms with van der Waals surface area (Å²) in [6.45, 7) is 1.92. The first-order valence-corrected chi connectivity index (χ1v) is 7.40. The molecule has 0 aliphatic heterocycles. The molecule has 102 valence electrons. The molecule has 0 aliphatic carbocycles. The fraction of sp³-hybridized carbons (Fsp3) is 0.167. The third kappa shape index (κ3) is 2.08. The summed E-state index contributed by atoms with van der Waals surface area (Å²) in [5, 5.41) is 5.59. The SMILES string of the molecule is CSc1nc(N)n2nc(-c3cccc(Cl)c3C)nc2n1.